The summed E-state index contributed by atoms with van der Waals surface area (Å²) >= 11 is 11.9. The van der Waals surface area contributed by atoms with Crippen LogP contribution in [0.5, 0.6) is 0 Å². The monoisotopic (exact) mass is 390 g/mol. The Labute approximate surface area is 163 Å². The molecule has 0 saturated carbocycles. The molecule has 6 heteroatoms. The fraction of sp³-hybridized carbons (Fsp3) is 0.300. The average Bonchev–Trinajstić information content (AvgIpc) is 2.65. The topological polar surface area (TPSA) is 49.4 Å². The summed E-state index contributed by atoms with van der Waals surface area (Å²) in [5.74, 6) is -0.679. The number of nitrogens with zero attached hydrogens (tertiary/aromatic N) is 1. The van der Waals surface area contributed by atoms with Crippen LogP contribution in [-0.4, -0.2) is 29.8 Å². The van der Waals surface area contributed by atoms with Crippen LogP contribution < -0.4 is 5.32 Å². The summed E-state index contributed by atoms with van der Waals surface area (Å²) in [7, 11) is 0. The molecule has 0 unspecified atom stereocenters. The minimum Gasteiger partial charge on any atom is -0.334 e. The maximum Gasteiger partial charge on any atom is 0.313 e. The van der Waals surface area contributed by atoms with Gasteiger partial charge >= 0.3 is 11.8 Å². The van der Waals surface area contributed by atoms with Gasteiger partial charge < -0.3 is 10.2 Å². The van der Waals surface area contributed by atoms with Crippen LogP contribution in [0.15, 0.2) is 48.5 Å². The Morgan fingerprint density at radius 2 is 1.73 bits per heavy atom. The molecule has 26 heavy (non-hydrogen) atoms. The molecule has 2 amide bonds. The highest BCUT2D eigenvalue weighted by molar-refractivity contribution is 6.42. The van der Waals surface area contributed by atoms with Gasteiger partial charge in [0, 0.05) is 18.1 Å². The number of anilines is 1. The summed E-state index contributed by atoms with van der Waals surface area (Å²) in [6.45, 7) is 1.18. The number of rotatable bonds is 3. The van der Waals surface area contributed by atoms with Crippen LogP contribution in [0.4, 0.5) is 5.69 Å². The van der Waals surface area contributed by atoms with Crippen LogP contribution in [0.3, 0.4) is 0 Å². The van der Waals surface area contributed by atoms with E-state index in [1.54, 1.807) is 17.0 Å². The molecule has 1 aliphatic heterocycles. The first-order chi connectivity index (χ1) is 12.5. The standard InChI is InChI=1S/C20H20Cl2N2O2/c21-16-6-7-17(22)18(13-16)23-19(25)20(26)24-10-8-15(9-11-24)12-14-4-2-1-3-5-14/h1-7,13,15H,8-12H2,(H,23,25). The van der Waals surface area contributed by atoms with E-state index in [9.17, 15) is 9.59 Å². The van der Waals surface area contributed by atoms with Gasteiger partial charge in [0.25, 0.3) is 0 Å². The van der Waals surface area contributed by atoms with Gasteiger partial charge in [0.2, 0.25) is 0 Å². The molecular weight excluding hydrogens is 371 g/mol. The molecule has 0 atom stereocenters. The van der Waals surface area contributed by atoms with Crippen LogP contribution >= 0.6 is 23.2 Å². The van der Waals surface area contributed by atoms with E-state index in [2.05, 4.69) is 17.4 Å². The predicted octanol–water partition coefficient (Wildman–Crippen LogP) is 4.41. The van der Waals surface area contributed by atoms with Gasteiger partial charge in [-0.25, -0.2) is 0 Å². The number of hydrogen-bond donors (Lipinski definition) is 1. The fourth-order valence-corrected chi connectivity index (χ4v) is 3.54. The lowest BCUT2D eigenvalue weighted by Crippen LogP contribution is -2.44. The third-order valence-electron chi connectivity index (χ3n) is 4.64. The highest BCUT2D eigenvalue weighted by atomic mass is 35.5. The molecule has 0 bridgehead atoms. The number of nitrogens with one attached hydrogen (secondary N) is 1. The number of halogens is 2. The van der Waals surface area contributed by atoms with Crippen LogP contribution in [0.1, 0.15) is 18.4 Å². The Morgan fingerprint density at radius 3 is 2.42 bits per heavy atom. The smallest absolute Gasteiger partial charge is 0.313 e. The minimum atomic E-state index is -0.685. The highest BCUT2D eigenvalue weighted by Crippen LogP contribution is 2.26. The van der Waals surface area contributed by atoms with Crippen molar-refractivity contribution in [1.82, 2.24) is 4.90 Å². The molecule has 136 valence electrons. The van der Waals surface area contributed by atoms with E-state index in [0.29, 0.717) is 34.7 Å². The van der Waals surface area contributed by atoms with Crippen molar-refractivity contribution < 1.29 is 9.59 Å². The Bertz CT molecular complexity index is 788. The average molecular weight is 391 g/mol. The number of hydrogen-bond acceptors (Lipinski definition) is 2. The van der Waals surface area contributed by atoms with Crippen molar-refractivity contribution in [3.05, 3.63) is 64.1 Å². The SMILES string of the molecule is O=C(Nc1cc(Cl)ccc1Cl)C(=O)N1CCC(Cc2ccccc2)CC1. The number of amides is 2. The zero-order valence-electron chi connectivity index (χ0n) is 14.3. The number of likely N-dealkylation sites (tertiary alicyclic amines) is 1. The maximum absolute atomic E-state index is 12.4. The lowest BCUT2D eigenvalue weighted by molar-refractivity contribution is -0.144. The fourth-order valence-electron chi connectivity index (χ4n) is 3.20. The number of carbonyl (C=O) groups is 2. The first kappa shape index (κ1) is 18.7. The molecule has 1 fully saturated rings. The maximum atomic E-state index is 12.4. The number of benzene rings is 2. The van der Waals surface area contributed by atoms with E-state index in [1.165, 1.54) is 11.6 Å². The molecule has 0 aromatic heterocycles. The Morgan fingerprint density at radius 1 is 1.04 bits per heavy atom. The van der Waals surface area contributed by atoms with Gasteiger partial charge in [0.05, 0.1) is 10.7 Å². The quantitative estimate of drug-likeness (QED) is 0.788. The molecule has 1 saturated heterocycles. The third kappa shape index (κ3) is 4.77. The van der Waals surface area contributed by atoms with Gasteiger partial charge in [-0.1, -0.05) is 53.5 Å². The van der Waals surface area contributed by atoms with Crippen molar-refractivity contribution in [2.45, 2.75) is 19.3 Å². The predicted molar refractivity (Wildman–Crippen MR) is 105 cm³/mol. The normalized spacial score (nSPS) is 14.9. The molecule has 0 spiro atoms. The van der Waals surface area contributed by atoms with Crippen LogP contribution in [0, 0.1) is 5.92 Å². The molecular formula is C20H20Cl2N2O2. The zero-order valence-corrected chi connectivity index (χ0v) is 15.8. The molecule has 3 rings (SSSR count). The van der Waals surface area contributed by atoms with E-state index >= 15 is 0 Å². The van der Waals surface area contributed by atoms with Crippen molar-refractivity contribution in [1.29, 1.82) is 0 Å². The van der Waals surface area contributed by atoms with Crippen LogP contribution in [0.2, 0.25) is 10.0 Å². The van der Waals surface area contributed by atoms with Crippen LogP contribution in [0.25, 0.3) is 0 Å². The van der Waals surface area contributed by atoms with E-state index in [1.807, 2.05) is 18.2 Å². The lowest BCUT2D eigenvalue weighted by Gasteiger charge is -2.31. The summed E-state index contributed by atoms with van der Waals surface area (Å²) in [6, 6.07) is 15.1. The summed E-state index contributed by atoms with van der Waals surface area (Å²) in [5.41, 5.74) is 1.65. The molecule has 1 N–H and O–H groups in total. The molecule has 2 aromatic carbocycles. The Kier molecular flexibility index (Phi) is 6.17. The van der Waals surface area contributed by atoms with Gasteiger partial charge in [0.15, 0.2) is 0 Å². The zero-order chi connectivity index (χ0) is 18.5. The number of piperidine rings is 1. The van der Waals surface area contributed by atoms with E-state index in [-0.39, 0.29) is 0 Å². The molecule has 0 aliphatic carbocycles. The molecule has 4 nitrogen and oxygen atoms in total. The molecule has 1 aliphatic rings. The second kappa shape index (κ2) is 8.56. The van der Waals surface area contributed by atoms with Crippen molar-refractivity contribution in [3.63, 3.8) is 0 Å². The lowest BCUT2D eigenvalue weighted by atomic mass is 9.90. The van der Waals surface area contributed by atoms with Crippen molar-refractivity contribution in [2.24, 2.45) is 5.92 Å². The van der Waals surface area contributed by atoms with Gasteiger partial charge in [0.1, 0.15) is 0 Å². The van der Waals surface area contributed by atoms with Gasteiger partial charge in [-0.3, -0.25) is 9.59 Å². The first-order valence-electron chi connectivity index (χ1n) is 8.62. The van der Waals surface area contributed by atoms with E-state index in [4.69, 9.17) is 23.2 Å². The highest BCUT2D eigenvalue weighted by Gasteiger charge is 2.27. The summed E-state index contributed by atoms with van der Waals surface area (Å²) < 4.78 is 0. The second-order valence-electron chi connectivity index (χ2n) is 6.50. The summed E-state index contributed by atoms with van der Waals surface area (Å²) in [5, 5.41) is 3.34. The van der Waals surface area contributed by atoms with E-state index in [0.717, 1.165) is 19.3 Å². The van der Waals surface area contributed by atoms with Crippen LogP contribution in [-0.2, 0) is 16.0 Å². The minimum absolute atomic E-state index is 0.344. The first-order valence-corrected chi connectivity index (χ1v) is 9.38. The summed E-state index contributed by atoms with van der Waals surface area (Å²) in [6.07, 6.45) is 2.80. The second-order valence-corrected chi connectivity index (χ2v) is 7.35. The third-order valence-corrected chi connectivity index (χ3v) is 5.20. The van der Waals surface area contributed by atoms with Gasteiger partial charge in [-0.05, 0) is 48.9 Å². The largest absolute Gasteiger partial charge is 0.334 e. The summed E-state index contributed by atoms with van der Waals surface area (Å²) in [4.78, 5) is 26.3. The molecule has 2 aromatic rings. The van der Waals surface area contributed by atoms with E-state index < -0.39 is 11.8 Å². The van der Waals surface area contributed by atoms with Gasteiger partial charge in [-0.2, -0.15) is 0 Å². The van der Waals surface area contributed by atoms with Crippen molar-refractivity contribution in [3.8, 4) is 0 Å². The van der Waals surface area contributed by atoms with Crippen molar-refractivity contribution >= 4 is 40.7 Å². The van der Waals surface area contributed by atoms with Crippen molar-refractivity contribution in [2.75, 3.05) is 18.4 Å². The Balaban J connectivity index is 1.53. The Hall–Kier alpha value is -2.04. The van der Waals surface area contributed by atoms with Gasteiger partial charge in [-0.15, -0.1) is 0 Å². The molecule has 1 heterocycles. The molecule has 0 radical (unpaired) electrons. The number of carbonyl (C=O) groups excluding carboxylic acids is 2.